The molecule has 5 nitrogen and oxygen atoms in total. The first kappa shape index (κ1) is 19.6. The first-order valence-corrected chi connectivity index (χ1v) is 11.0. The van der Waals surface area contributed by atoms with Crippen molar-refractivity contribution in [1.29, 1.82) is 5.26 Å². The Morgan fingerprint density at radius 1 is 1.24 bits per heavy atom. The number of fused-ring (bicyclic) bond motifs is 1. The zero-order valence-corrected chi connectivity index (χ0v) is 18.0. The van der Waals surface area contributed by atoms with E-state index in [1.54, 1.807) is 6.07 Å². The number of aromatic amines is 1. The summed E-state index contributed by atoms with van der Waals surface area (Å²) in [4.78, 5) is 25.4. The van der Waals surface area contributed by atoms with E-state index in [0.29, 0.717) is 37.4 Å². The van der Waals surface area contributed by atoms with Gasteiger partial charge in [0.25, 0.3) is 5.56 Å². The lowest BCUT2D eigenvalue weighted by atomic mass is 10.1. The van der Waals surface area contributed by atoms with Gasteiger partial charge in [-0.05, 0) is 31.5 Å². The maximum Gasteiger partial charge on any atom is 0.260 e. The van der Waals surface area contributed by atoms with E-state index < -0.39 is 0 Å². The summed E-state index contributed by atoms with van der Waals surface area (Å²) in [6, 6.07) is 11.5. The Bertz CT molecular complexity index is 1340. The molecule has 8 heteroatoms. The van der Waals surface area contributed by atoms with Gasteiger partial charge in [-0.1, -0.05) is 41.6 Å². The fourth-order valence-electron chi connectivity index (χ4n) is 3.12. The lowest BCUT2D eigenvalue weighted by Gasteiger charge is -2.07. The first-order valence-electron chi connectivity index (χ1n) is 8.74. The van der Waals surface area contributed by atoms with E-state index in [9.17, 15) is 10.1 Å². The molecule has 0 spiro atoms. The van der Waals surface area contributed by atoms with Crippen molar-refractivity contribution in [3.05, 3.63) is 73.7 Å². The third-order valence-electron chi connectivity index (χ3n) is 4.43. The first-order chi connectivity index (χ1) is 14.0. The largest absolute Gasteiger partial charge is 0.309 e. The summed E-state index contributed by atoms with van der Waals surface area (Å²) in [5.74, 6) is 0.958. The minimum absolute atomic E-state index is 0.198. The van der Waals surface area contributed by atoms with Crippen LogP contribution >= 0.6 is 34.7 Å². The molecule has 144 valence electrons. The number of thioether (sulfide) groups is 1. The number of halogens is 1. The number of thiophene rings is 1. The Kier molecular flexibility index (Phi) is 5.41. The number of rotatable bonds is 4. The molecular weight excluding hydrogens is 424 g/mol. The van der Waals surface area contributed by atoms with Crippen LogP contribution in [-0.2, 0) is 5.75 Å². The maximum atomic E-state index is 12.8. The van der Waals surface area contributed by atoms with E-state index >= 15 is 0 Å². The number of nitriles is 1. The standard InChI is InChI=1S/C21H15ClN4OS2/c1-11-7-12(2)24-20(14(11)8-23)29-10-17-25-19(27)18-15(9-28-21(18)26-17)13-5-3-4-6-16(13)22/h3-7,9H,10H2,1-2H3,(H,25,26,27). The van der Waals surface area contributed by atoms with Crippen molar-refractivity contribution in [1.82, 2.24) is 15.0 Å². The van der Waals surface area contributed by atoms with Gasteiger partial charge in [0.1, 0.15) is 21.7 Å². The lowest BCUT2D eigenvalue weighted by molar-refractivity contribution is 1.01. The molecule has 4 aromatic rings. The molecule has 1 N–H and O–H groups in total. The minimum atomic E-state index is -0.198. The molecule has 0 saturated carbocycles. The van der Waals surface area contributed by atoms with Crippen LogP contribution in [0.4, 0.5) is 0 Å². The van der Waals surface area contributed by atoms with E-state index in [4.69, 9.17) is 11.6 Å². The lowest BCUT2D eigenvalue weighted by Crippen LogP contribution is -2.11. The number of aromatic nitrogens is 3. The molecular formula is C21H15ClN4OS2. The Balaban J connectivity index is 1.69. The maximum absolute atomic E-state index is 12.8. The molecule has 0 unspecified atom stereocenters. The van der Waals surface area contributed by atoms with Gasteiger partial charge in [0.2, 0.25) is 0 Å². The summed E-state index contributed by atoms with van der Waals surface area (Å²) in [5, 5.41) is 13.1. The average Bonchev–Trinajstić information content (AvgIpc) is 3.11. The molecule has 0 atom stereocenters. The number of nitrogens with one attached hydrogen (secondary N) is 1. The van der Waals surface area contributed by atoms with E-state index in [0.717, 1.165) is 22.4 Å². The van der Waals surface area contributed by atoms with Crippen LogP contribution in [0.1, 0.15) is 22.6 Å². The van der Waals surface area contributed by atoms with E-state index in [1.807, 2.05) is 43.5 Å². The fraction of sp³-hybridized carbons (Fsp3) is 0.143. The van der Waals surface area contributed by atoms with E-state index in [2.05, 4.69) is 21.0 Å². The zero-order chi connectivity index (χ0) is 20.5. The van der Waals surface area contributed by atoms with Crippen LogP contribution < -0.4 is 5.56 Å². The molecule has 4 rings (SSSR count). The van der Waals surface area contributed by atoms with Gasteiger partial charge < -0.3 is 4.98 Å². The highest BCUT2D eigenvalue weighted by Gasteiger charge is 2.16. The van der Waals surface area contributed by atoms with Gasteiger partial charge >= 0.3 is 0 Å². The number of hydrogen-bond acceptors (Lipinski definition) is 6. The van der Waals surface area contributed by atoms with Crippen molar-refractivity contribution in [2.45, 2.75) is 24.6 Å². The van der Waals surface area contributed by atoms with Gasteiger partial charge in [-0.3, -0.25) is 4.79 Å². The van der Waals surface area contributed by atoms with Gasteiger partial charge in [0.05, 0.1) is 16.7 Å². The molecule has 0 radical (unpaired) electrons. The molecule has 0 amide bonds. The van der Waals surface area contributed by atoms with Gasteiger partial charge in [-0.2, -0.15) is 5.26 Å². The number of hydrogen-bond donors (Lipinski definition) is 1. The normalized spacial score (nSPS) is 11.0. The van der Waals surface area contributed by atoms with Crippen LogP contribution in [0.25, 0.3) is 21.3 Å². The SMILES string of the molecule is Cc1cc(C)c(C#N)c(SCc2nc3scc(-c4ccccc4Cl)c3c(=O)[nH]2)n1. The van der Waals surface area contributed by atoms with Crippen LogP contribution in [0.5, 0.6) is 0 Å². The Hall–Kier alpha value is -2.66. The van der Waals surface area contributed by atoms with Gasteiger partial charge in [0.15, 0.2) is 0 Å². The van der Waals surface area contributed by atoms with Crippen molar-refractivity contribution >= 4 is 44.9 Å². The topological polar surface area (TPSA) is 82.4 Å². The van der Waals surface area contributed by atoms with Crippen molar-refractivity contribution in [2.24, 2.45) is 0 Å². The summed E-state index contributed by atoms with van der Waals surface area (Å²) in [6.07, 6.45) is 0. The Labute approximate surface area is 180 Å². The summed E-state index contributed by atoms with van der Waals surface area (Å²) >= 11 is 9.11. The monoisotopic (exact) mass is 438 g/mol. The molecule has 0 fully saturated rings. The summed E-state index contributed by atoms with van der Waals surface area (Å²) in [6.45, 7) is 3.79. The Morgan fingerprint density at radius 2 is 2.03 bits per heavy atom. The van der Waals surface area contributed by atoms with Crippen molar-refractivity contribution in [2.75, 3.05) is 0 Å². The fourth-order valence-corrected chi connectivity index (χ4v) is 5.28. The van der Waals surface area contributed by atoms with Crippen LogP contribution in [0.2, 0.25) is 5.02 Å². The summed E-state index contributed by atoms with van der Waals surface area (Å²) in [5.41, 5.74) is 3.70. The molecule has 0 aliphatic rings. The number of nitrogens with zero attached hydrogens (tertiary/aromatic N) is 3. The van der Waals surface area contributed by atoms with Crippen LogP contribution in [0.15, 0.2) is 45.5 Å². The molecule has 29 heavy (non-hydrogen) atoms. The second-order valence-electron chi connectivity index (χ2n) is 6.48. The van der Waals surface area contributed by atoms with Gasteiger partial charge in [0, 0.05) is 27.2 Å². The second-order valence-corrected chi connectivity index (χ2v) is 8.71. The molecule has 3 heterocycles. The number of pyridine rings is 1. The third kappa shape index (κ3) is 3.79. The highest BCUT2D eigenvalue weighted by atomic mass is 35.5. The smallest absolute Gasteiger partial charge is 0.260 e. The zero-order valence-electron chi connectivity index (χ0n) is 15.6. The molecule has 0 aliphatic carbocycles. The van der Waals surface area contributed by atoms with E-state index in [1.165, 1.54) is 23.1 Å². The predicted molar refractivity (Wildman–Crippen MR) is 119 cm³/mol. The second kappa shape index (κ2) is 7.99. The third-order valence-corrected chi connectivity index (χ3v) is 6.61. The summed E-state index contributed by atoms with van der Waals surface area (Å²) in [7, 11) is 0. The number of benzene rings is 1. The molecule has 0 bridgehead atoms. The summed E-state index contributed by atoms with van der Waals surface area (Å²) < 4.78 is 0. The van der Waals surface area contributed by atoms with Crippen molar-refractivity contribution < 1.29 is 0 Å². The molecule has 0 saturated heterocycles. The van der Waals surface area contributed by atoms with Crippen LogP contribution in [-0.4, -0.2) is 15.0 Å². The predicted octanol–water partition coefficient (Wildman–Crippen LogP) is 5.48. The Morgan fingerprint density at radius 3 is 2.79 bits per heavy atom. The van der Waals surface area contributed by atoms with Crippen LogP contribution in [0, 0.1) is 25.2 Å². The average molecular weight is 439 g/mol. The minimum Gasteiger partial charge on any atom is -0.309 e. The molecule has 0 aliphatic heterocycles. The number of H-pyrrole nitrogens is 1. The highest BCUT2D eigenvalue weighted by Crippen LogP contribution is 2.35. The highest BCUT2D eigenvalue weighted by molar-refractivity contribution is 7.98. The van der Waals surface area contributed by atoms with Gasteiger partial charge in [-0.25, -0.2) is 9.97 Å². The molecule has 1 aromatic carbocycles. The quantitative estimate of drug-likeness (QED) is 0.426. The van der Waals surface area contributed by atoms with Gasteiger partial charge in [-0.15, -0.1) is 11.3 Å². The van der Waals surface area contributed by atoms with Crippen molar-refractivity contribution in [3.63, 3.8) is 0 Å². The van der Waals surface area contributed by atoms with E-state index in [-0.39, 0.29) is 5.56 Å². The van der Waals surface area contributed by atoms with Crippen LogP contribution in [0.3, 0.4) is 0 Å². The number of aryl methyl sites for hydroxylation is 2. The van der Waals surface area contributed by atoms with Crippen molar-refractivity contribution in [3.8, 4) is 17.2 Å². The molecule has 3 aromatic heterocycles.